The Morgan fingerprint density at radius 1 is 1.06 bits per heavy atom. The van der Waals surface area contributed by atoms with Gasteiger partial charge in [-0.25, -0.2) is 0 Å². The summed E-state index contributed by atoms with van der Waals surface area (Å²) in [4.78, 5) is 0. The maximum Gasteiger partial charge on any atom is 0.416 e. The van der Waals surface area contributed by atoms with Gasteiger partial charge >= 0.3 is 6.18 Å². The van der Waals surface area contributed by atoms with Gasteiger partial charge in [0.2, 0.25) is 0 Å². The first-order chi connectivity index (χ1) is 7.38. The van der Waals surface area contributed by atoms with Crippen LogP contribution in [0.1, 0.15) is 11.1 Å². The summed E-state index contributed by atoms with van der Waals surface area (Å²) in [6, 6.07) is 6.72. The van der Waals surface area contributed by atoms with Gasteiger partial charge in [0.1, 0.15) is 5.75 Å². The quantitative estimate of drug-likeness (QED) is 0.722. The molecule has 0 radical (unpaired) electrons. The predicted molar refractivity (Wildman–Crippen MR) is 55.4 cm³/mol. The molecule has 0 bridgehead atoms. The lowest BCUT2D eigenvalue weighted by atomic mass is 10.0. The van der Waals surface area contributed by atoms with Gasteiger partial charge in [-0.1, -0.05) is 17.7 Å². The van der Waals surface area contributed by atoms with Crippen LogP contribution in [0.4, 0.5) is 13.2 Å². The molecule has 0 saturated carbocycles. The summed E-state index contributed by atoms with van der Waals surface area (Å²) in [5.41, 5.74) is 0.0592. The van der Waals surface area contributed by atoms with Crippen LogP contribution in [-0.2, 0) is 6.18 Å². The SMILES string of the molecule is Cc1ccc2cc(C(F)(F)F)cc(O)c2c1. The van der Waals surface area contributed by atoms with Crippen LogP contribution in [-0.4, -0.2) is 5.11 Å². The molecular formula is C12H9F3O. The maximum absolute atomic E-state index is 12.5. The van der Waals surface area contributed by atoms with Crippen molar-refractivity contribution in [1.29, 1.82) is 0 Å². The maximum atomic E-state index is 12.5. The molecule has 0 aliphatic carbocycles. The van der Waals surface area contributed by atoms with Crippen LogP contribution >= 0.6 is 0 Å². The van der Waals surface area contributed by atoms with Crippen LogP contribution in [0.2, 0.25) is 0 Å². The predicted octanol–water partition coefficient (Wildman–Crippen LogP) is 3.87. The Morgan fingerprint density at radius 3 is 2.38 bits per heavy atom. The Kier molecular flexibility index (Phi) is 2.30. The third-order valence-electron chi connectivity index (χ3n) is 2.42. The molecule has 0 atom stereocenters. The molecule has 2 aromatic carbocycles. The minimum Gasteiger partial charge on any atom is -0.507 e. The Labute approximate surface area is 90.1 Å². The summed E-state index contributed by atoms with van der Waals surface area (Å²) in [6.07, 6.45) is -4.43. The van der Waals surface area contributed by atoms with Crippen molar-refractivity contribution in [3.63, 3.8) is 0 Å². The van der Waals surface area contributed by atoms with Gasteiger partial charge in [0.25, 0.3) is 0 Å². The van der Waals surface area contributed by atoms with Gasteiger partial charge in [-0.05, 0) is 30.5 Å². The molecule has 1 nitrogen and oxygen atoms in total. The van der Waals surface area contributed by atoms with E-state index in [2.05, 4.69) is 0 Å². The largest absolute Gasteiger partial charge is 0.507 e. The smallest absolute Gasteiger partial charge is 0.416 e. The van der Waals surface area contributed by atoms with Gasteiger partial charge in [0.15, 0.2) is 0 Å². The second-order valence-corrected chi connectivity index (χ2v) is 3.72. The van der Waals surface area contributed by atoms with Crippen molar-refractivity contribution >= 4 is 10.8 Å². The summed E-state index contributed by atoms with van der Waals surface area (Å²) >= 11 is 0. The Balaban J connectivity index is 2.74. The lowest BCUT2D eigenvalue weighted by Gasteiger charge is -2.09. The fourth-order valence-electron chi connectivity index (χ4n) is 1.62. The Morgan fingerprint density at radius 2 is 1.75 bits per heavy atom. The van der Waals surface area contributed by atoms with Crippen LogP contribution < -0.4 is 0 Å². The van der Waals surface area contributed by atoms with Crippen molar-refractivity contribution in [2.75, 3.05) is 0 Å². The average Bonchev–Trinajstić information content (AvgIpc) is 2.17. The highest BCUT2D eigenvalue weighted by molar-refractivity contribution is 5.89. The molecule has 0 aliphatic rings. The summed E-state index contributed by atoms with van der Waals surface area (Å²) in [5.74, 6) is -0.339. The van der Waals surface area contributed by atoms with Gasteiger partial charge in [-0.3, -0.25) is 0 Å². The van der Waals surface area contributed by atoms with Crippen molar-refractivity contribution in [2.24, 2.45) is 0 Å². The normalized spacial score (nSPS) is 12.0. The summed E-state index contributed by atoms with van der Waals surface area (Å²) in [6.45, 7) is 1.82. The van der Waals surface area contributed by atoms with E-state index >= 15 is 0 Å². The number of hydrogen-bond donors (Lipinski definition) is 1. The van der Waals surface area contributed by atoms with Gasteiger partial charge in [0.05, 0.1) is 5.56 Å². The first-order valence-corrected chi connectivity index (χ1v) is 4.68. The van der Waals surface area contributed by atoms with Crippen molar-refractivity contribution in [3.8, 4) is 5.75 Å². The molecule has 2 aromatic rings. The van der Waals surface area contributed by atoms with Crippen molar-refractivity contribution in [2.45, 2.75) is 13.1 Å². The highest BCUT2D eigenvalue weighted by Crippen LogP contribution is 2.36. The molecule has 4 heteroatoms. The zero-order valence-electron chi connectivity index (χ0n) is 8.47. The number of fused-ring (bicyclic) bond motifs is 1. The topological polar surface area (TPSA) is 20.2 Å². The van der Waals surface area contributed by atoms with Crippen LogP contribution in [0.5, 0.6) is 5.75 Å². The molecule has 0 amide bonds. The van der Waals surface area contributed by atoms with E-state index in [0.717, 1.165) is 17.7 Å². The van der Waals surface area contributed by atoms with E-state index in [0.29, 0.717) is 10.8 Å². The summed E-state index contributed by atoms with van der Waals surface area (Å²) in [5, 5.41) is 10.4. The van der Waals surface area contributed by atoms with Crippen LogP contribution in [0, 0.1) is 6.92 Å². The summed E-state index contributed by atoms with van der Waals surface area (Å²) < 4.78 is 37.4. The number of halogens is 3. The molecule has 0 aromatic heterocycles. The van der Waals surface area contributed by atoms with E-state index in [-0.39, 0.29) is 5.75 Å². The van der Waals surface area contributed by atoms with Gasteiger partial charge in [0, 0.05) is 5.39 Å². The highest BCUT2D eigenvalue weighted by Gasteiger charge is 2.31. The van der Waals surface area contributed by atoms with E-state index < -0.39 is 11.7 Å². The molecule has 0 saturated heterocycles. The fraction of sp³-hybridized carbons (Fsp3) is 0.167. The van der Waals surface area contributed by atoms with E-state index in [1.807, 2.05) is 6.92 Å². The molecule has 0 heterocycles. The first kappa shape index (κ1) is 10.8. The number of rotatable bonds is 0. The van der Waals surface area contributed by atoms with Crippen molar-refractivity contribution in [1.82, 2.24) is 0 Å². The number of alkyl halides is 3. The van der Waals surface area contributed by atoms with E-state index in [1.54, 1.807) is 18.2 Å². The highest BCUT2D eigenvalue weighted by atomic mass is 19.4. The molecule has 0 unspecified atom stereocenters. The zero-order chi connectivity index (χ0) is 11.9. The number of aryl methyl sites for hydroxylation is 1. The van der Waals surface area contributed by atoms with Gasteiger partial charge in [-0.2, -0.15) is 13.2 Å². The average molecular weight is 226 g/mol. The number of phenols is 1. The number of hydrogen-bond acceptors (Lipinski definition) is 1. The van der Waals surface area contributed by atoms with E-state index in [4.69, 9.17) is 0 Å². The molecule has 2 rings (SSSR count). The van der Waals surface area contributed by atoms with Crippen LogP contribution in [0.15, 0.2) is 30.3 Å². The van der Waals surface area contributed by atoms with Crippen LogP contribution in [0.25, 0.3) is 10.8 Å². The van der Waals surface area contributed by atoms with Crippen molar-refractivity contribution < 1.29 is 18.3 Å². The monoisotopic (exact) mass is 226 g/mol. The number of aromatic hydroxyl groups is 1. The number of phenolic OH excluding ortho intramolecular Hbond substituents is 1. The van der Waals surface area contributed by atoms with Gasteiger partial charge in [-0.15, -0.1) is 0 Å². The third-order valence-corrected chi connectivity index (χ3v) is 2.42. The Hall–Kier alpha value is -1.71. The van der Waals surface area contributed by atoms with Gasteiger partial charge < -0.3 is 5.11 Å². The van der Waals surface area contributed by atoms with E-state index in [1.165, 1.54) is 0 Å². The lowest BCUT2D eigenvalue weighted by Crippen LogP contribution is -2.04. The van der Waals surface area contributed by atoms with Crippen molar-refractivity contribution in [3.05, 3.63) is 41.5 Å². The minimum absolute atomic E-state index is 0.339. The van der Waals surface area contributed by atoms with Crippen LogP contribution in [0.3, 0.4) is 0 Å². The molecule has 0 spiro atoms. The molecule has 0 fully saturated rings. The summed E-state index contributed by atoms with van der Waals surface area (Å²) in [7, 11) is 0. The standard InChI is InChI=1S/C12H9F3O/c1-7-2-3-8-5-9(12(13,14)15)6-11(16)10(8)4-7/h2-6,16H,1H3. The molecule has 1 N–H and O–H groups in total. The first-order valence-electron chi connectivity index (χ1n) is 4.68. The third kappa shape index (κ3) is 1.83. The second kappa shape index (κ2) is 3.40. The number of benzene rings is 2. The molecule has 0 aliphatic heterocycles. The molecule has 16 heavy (non-hydrogen) atoms. The lowest BCUT2D eigenvalue weighted by molar-refractivity contribution is -0.137. The van der Waals surface area contributed by atoms with E-state index in [9.17, 15) is 18.3 Å². The Bertz CT molecular complexity index is 544. The minimum atomic E-state index is -4.43. The molecular weight excluding hydrogens is 217 g/mol. The fourth-order valence-corrected chi connectivity index (χ4v) is 1.62. The second-order valence-electron chi connectivity index (χ2n) is 3.72. The molecule has 84 valence electrons. The zero-order valence-corrected chi connectivity index (χ0v) is 8.47.